The van der Waals surface area contributed by atoms with Crippen LogP contribution in [-0.2, 0) is 0 Å². The Bertz CT molecular complexity index is 828. The van der Waals surface area contributed by atoms with Gasteiger partial charge in [0.15, 0.2) is 0 Å². The molecule has 1 aromatic heterocycles. The lowest BCUT2D eigenvalue weighted by Gasteiger charge is -2.07. The van der Waals surface area contributed by atoms with Crippen LogP contribution in [0.3, 0.4) is 0 Å². The summed E-state index contributed by atoms with van der Waals surface area (Å²) in [7, 11) is 0. The molecular weight excluding hydrogens is 263 g/mol. The molecule has 0 saturated carbocycles. The van der Waals surface area contributed by atoms with E-state index in [9.17, 15) is 14.3 Å². The van der Waals surface area contributed by atoms with E-state index in [4.69, 9.17) is 4.74 Å². The number of aromatic nitrogens is 2. The molecule has 0 bridgehead atoms. The van der Waals surface area contributed by atoms with Crippen molar-refractivity contribution in [2.24, 2.45) is 0 Å². The lowest BCUT2D eigenvalue weighted by Crippen LogP contribution is -2.06. The Balaban J connectivity index is 2.06. The maximum absolute atomic E-state index is 12.8. The Morgan fingerprint density at radius 3 is 2.65 bits per heavy atom. The number of nitrogens with one attached hydrogen (secondary N) is 1. The maximum Gasteiger partial charge on any atom is 0.258 e. The SMILES string of the molecule is O=c1[nH]cnc2c(O)cc(Oc3ccc(F)cc3)cc12. The van der Waals surface area contributed by atoms with Crippen LogP contribution < -0.4 is 10.3 Å². The van der Waals surface area contributed by atoms with Gasteiger partial charge in [-0.2, -0.15) is 0 Å². The van der Waals surface area contributed by atoms with Crippen LogP contribution in [0.2, 0.25) is 0 Å². The van der Waals surface area contributed by atoms with Gasteiger partial charge in [0.25, 0.3) is 5.56 Å². The van der Waals surface area contributed by atoms with Crippen molar-refractivity contribution in [3.63, 3.8) is 0 Å². The number of nitrogens with zero attached hydrogens (tertiary/aromatic N) is 1. The fourth-order valence-electron chi connectivity index (χ4n) is 1.83. The van der Waals surface area contributed by atoms with Crippen molar-refractivity contribution in [1.29, 1.82) is 0 Å². The summed E-state index contributed by atoms with van der Waals surface area (Å²) in [4.78, 5) is 18.0. The highest BCUT2D eigenvalue weighted by Crippen LogP contribution is 2.29. The Morgan fingerprint density at radius 2 is 1.90 bits per heavy atom. The van der Waals surface area contributed by atoms with Gasteiger partial charge < -0.3 is 14.8 Å². The Morgan fingerprint density at radius 1 is 1.15 bits per heavy atom. The predicted molar refractivity (Wildman–Crippen MR) is 70.5 cm³/mol. The zero-order chi connectivity index (χ0) is 14.1. The topological polar surface area (TPSA) is 75.2 Å². The Labute approximate surface area is 112 Å². The van der Waals surface area contributed by atoms with Crippen LogP contribution >= 0.6 is 0 Å². The quantitative estimate of drug-likeness (QED) is 0.751. The molecule has 3 aromatic rings. The van der Waals surface area contributed by atoms with Crippen molar-refractivity contribution in [2.45, 2.75) is 0 Å². The minimum absolute atomic E-state index is 0.161. The monoisotopic (exact) mass is 272 g/mol. The predicted octanol–water partition coefficient (Wildman–Crippen LogP) is 2.56. The average Bonchev–Trinajstić information content (AvgIpc) is 2.43. The number of rotatable bonds is 2. The molecule has 0 fully saturated rings. The minimum atomic E-state index is -0.380. The van der Waals surface area contributed by atoms with Gasteiger partial charge in [0.1, 0.15) is 28.6 Å². The van der Waals surface area contributed by atoms with E-state index < -0.39 is 0 Å². The van der Waals surface area contributed by atoms with Crippen molar-refractivity contribution in [2.75, 3.05) is 0 Å². The second kappa shape index (κ2) is 4.65. The molecule has 2 N–H and O–H groups in total. The maximum atomic E-state index is 12.8. The lowest BCUT2D eigenvalue weighted by molar-refractivity contribution is 0.458. The van der Waals surface area contributed by atoms with Gasteiger partial charge in [-0.25, -0.2) is 9.37 Å². The third-order valence-corrected chi connectivity index (χ3v) is 2.75. The van der Waals surface area contributed by atoms with Crippen molar-refractivity contribution in [3.8, 4) is 17.2 Å². The molecule has 3 rings (SSSR count). The molecule has 0 spiro atoms. The van der Waals surface area contributed by atoms with E-state index in [0.29, 0.717) is 5.75 Å². The molecule has 0 saturated heterocycles. The van der Waals surface area contributed by atoms with Crippen LogP contribution in [0, 0.1) is 5.82 Å². The first-order valence-corrected chi connectivity index (χ1v) is 5.77. The summed E-state index contributed by atoms with van der Waals surface area (Å²) in [6.07, 6.45) is 1.21. The minimum Gasteiger partial charge on any atom is -0.506 e. The summed E-state index contributed by atoms with van der Waals surface area (Å²) in [6, 6.07) is 8.21. The van der Waals surface area contributed by atoms with E-state index in [1.54, 1.807) is 0 Å². The number of phenols is 1. The van der Waals surface area contributed by atoms with Crippen molar-refractivity contribution in [3.05, 3.63) is 58.9 Å². The largest absolute Gasteiger partial charge is 0.506 e. The molecule has 6 heteroatoms. The van der Waals surface area contributed by atoms with Gasteiger partial charge in [0.2, 0.25) is 0 Å². The number of fused-ring (bicyclic) bond motifs is 1. The van der Waals surface area contributed by atoms with Crippen molar-refractivity contribution >= 4 is 10.9 Å². The normalized spacial score (nSPS) is 10.7. The average molecular weight is 272 g/mol. The number of aromatic hydroxyl groups is 1. The molecular formula is C14H9FN2O3. The summed E-state index contributed by atoms with van der Waals surface area (Å²) >= 11 is 0. The van der Waals surface area contributed by atoms with Gasteiger partial charge in [-0.1, -0.05) is 0 Å². The van der Waals surface area contributed by atoms with Crippen LogP contribution in [0.25, 0.3) is 10.9 Å². The standard InChI is InChI=1S/C14H9FN2O3/c15-8-1-3-9(4-2-8)20-10-5-11-13(12(18)6-10)16-7-17-14(11)19/h1-7,18H,(H,16,17,19). The van der Waals surface area contributed by atoms with E-state index in [2.05, 4.69) is 9.97 Å². The number of ether oxygens (including phenoxy) is 1. The molecule has 0 unspecified atom stereocenters. The first-order chi connectivity index (χ1) is 9.63. The molecule has 0 atom stereocenters. The molecule has 100 valence electrons. The summed E-state index contributed by atoms with van der Waals surface area (Å²) in [6.45, 7) is 0. The lowest BCUT2D eigenvalue weighted by atomic mass is 10.2. The molecule has 0 radical (unpaired) electrons. The second-order valence-corrected chi connectivity index (χ2v) is 4.13. The van der Waals surface area contributed by atoms with Crippen LogP contribution in [-0.4, -0.2) is 15.1 Å². The summed E-state index contributed by atoms with van der Waals surface area (Å²) in [5.41, 5.74) is -0.185. The van der Waals surface area contributed by atoms with E-state index >= 15 is 0 Å². The number of hydrogen-bond acceptors (Lipinski definition) is 4. The summed E-state index contributed by atoms with van der Waals surface area (Å²) < 4.78 is 18.3. The molecule has 0 aliphatic carbocycles. The molecule has 0 aliphatic rings. The number of halogens is 1. The highest BCUT2D eigenvalue weighted by atomic mass is 19.1. The zero-order valence-electron chi connectivity index (χ0n) is 10.1. The molecule has 2 aromatic carbocycles. The highest BCUT2D eigenvalue weighted by Gasteiger charge is 2.08. The van der Waals surface area contributed by atoms with Crippen LogP contribution in [0.15, 0.2) is 47.5 Å². The van der Waals surface area contributed by atoms with Gasteiger partial charge in [0.05, 0.1) is 11.7 Å². The van der Waals surface area contributed by atoms with E-state index in [0.717, 1.165) is 0 Å². The Hall–Kier alpha value is -2.89. The molecule has 0 aliphatic heterocycles. The van der Waals surface area contributed by atoms with E-state index in [1.165, 1.54) is 42.7 Å². The first-order valence-electron chi connectivity index (χ1n) is 5.77. The number of H-pyrrole nitrogens is 1. The second-order valence-electron chi connectivity index (χ2n) is 4.13. The van der Waals surface area contributed by atoms with Crippen LogP contribution in [0.1, 0.15) is 0 Å². The third kappa shape index (κ3) is 2.18. The summed E-state index contributed by atoms with van der Waals surface area (Å²) in [5, 5.41) is 10.1. The first kappa shape index (κ1) is 12.2. The number of aromatic amines is 1. The molecule has 1 heterocycles. The van der Waals surface area contributed by atoms with Crippen LogP contribution in [0.5, 0.6) is 17.2 Å². The molecule has 0 amide bonds. The molecule has 5 nitrogen and oxygen atoms in total. The fraction of sp³-hybridized carbons (Fsp3) is 0. The Kier molecular flexibility index (Phi) is 2.83. The van der Waals surface area contributed by atoms with Gasteiger partial charge in [-0.15, -0.1) is 0 Å². The van der Waals surface area contributed by atoms with E-state index in [-0.39, 0.29) is 33.8 Å². The molecule has 20 heavy (non-hydrogen) atoms. The zero-order valence-corrected chi connectivity index (χ0v) is 10.1. The van der Waals surface area contributed by atoms with Gasteiger partial charge in [-0.05, 0) is 30.3 Å². The smallest absolute Gasteiger partial charge is 0.258 e. The summed E-state index contributed by atoms with van der Waals surface area (Å²) in [5.74, 6) is 0.121. The number of phenolic OH excluding ortho intramolecular Hbond substituents is 1. The van der Waals surface area contributed by atoms with Gasteiger partial charge in [0, 0.05) is 6.07 Å². The van der Waals surface area contributed by atoms with Gasteiger partial charge >= 0.3 is 0 Å². The number of benzene rings is 2. The van der Waals surface area contributed by atoms with Crippen LogP contribution in [0.4, 0.5) is 4.39 Å². The number of hydrogen-bond donors (Lipinski definition) is 2. The van der Waals surface area contributed by atoms with Crippen molar-refractivity contribution < 1.29 is 14.2 Å². The van der Waals surface area contributed by atoms with Crippen molar-refractivity contribution in [1.82, 2.24) is 9.97 Å². The van der Waals surface area contributed by atoms with E-state index in [1.807, 2.05) is 0 Å². The highest BCUT2D eigenvalue weighted by molar-refractivity contribution is 5.84. The van der Waals surface area contributed by atoms with Gasteiger partial charge in [-0.3, -0.25) is 4.79 Å². The fourth-order valence-corrected chi connectivity index (χ4v) is 1.83. The third-order valence-electron chi connectivity index (χ3n) is 2.75.